The molecule has 1 N–H and O–H groups in total. The summed E-state index contributed by atoms with van der Waals surface area (Å²) in [6.07, 6.45) is -4.33. The zero-order valence-electron chi connectivity index (χ0n) is 10.3. The molecule has 0 radical (unpaired) electrons. The maximum absolute atomic E-state index is 13.0. The van der Waals surface area contributed by atoms with Crippen LogP contribution in [0.1, 0.15) is 18.9 Å². The van der Waals surface area contributed by atoms with Crippen LogP contribution in [0.15, 0.2) is 22.7 Å². The molecule has 0 aliphatic carbocycles. The van der Waals surface area contributed by atoms with Crippen LogP contribution in [0.5, 0.6) is 0 Å². The number of alkyl halides is 3. The quantitative estimate of drug-likeness (QED) is 0.907. The highest BCUT2D eigenvalue weighted by atomic mass is 79.9. The summed E-state index contributed by atoms with van der Waals surface area (Å²) < 4.78 is 39.2. The van der Waals surface area contributed by atoms with Gasteiger partial charge in [-0.05, 0) is 24.6 Å². The predicted molar refractivity (Wildman–Crippen MR) is 69.3 cm³/mol. The van der Waals surface area contributed by atoms with Crippen molar-refractivity contribution in [2.45, 2.75) is 25.6 Å². The third kappa shape index (κ3) is 3.62. The molecule has 7 heteroatoms. The molecule has 0 saturated carbocycles. The molecule has 0 fully saturated rings. The molecule has 0 aliphatic rings. The van der Waals surface area contributed by atoms with Gasteiger partial charge in [0.2, 0.25) is 0 Å². The van der Waals surface area contributed by atoms with Gasteiger partial charge < -0.3 is 10.0 Å². The van der Waals surface area contributed by atoms with Crippen molar-refractivity contribution in [2.75, 3.05) is 11.9 Å². The van der Waals surface area contributed by atoms with Crippen LogP contribution in [0.25, 0.3) is 0 Å². The molecular formula is C12H13BrF3NO2. The highest BCUT2D eigenvalue weighted by molar-refractivity contribution is 9.10. The van der Waals surface area contributed by atoms with Crippen LogP contribution >= 0.6 is 15.9 Å². The molecular weight excluding hydrogens is 327 g/mol. The highest BCUT2D eigenvalue weighted by Crippen LogP contribution is 2.38. The molecule has 0 spiro atoms. The summed E-state index contributed by atoms with van der Waals surface area (Å²) in [6.45, 7) is 1.61. The van der Waals surface area contributed by atoms with Crippen molar-refractivity contribution in [1.29, 1.82) is 0 Å². The number of anilines is 1. The summed E-state index contributed by atoms with van der Waals surface area (Å²) in [6, 6.07) is 2.66. The van der Waals surface area contributed by atoms with Crippen LogP contribution in [0.2, 0.25) is 0 Å². The number of aliphatic carboxylic acids is 1. The van der Waals surface area contributed by atoms with E-state index in [1.165, 1.54) is 19.2 Å². The molecule has 0 amide bonds. The minimum atomic E-state index is -4.54. The Morgan fingerprint density at radius 1 is 1.47 bits per heavy atom. The van der Waals surface area contributed by atoms with Gasteiger partial charge in [-0.15, -0.1) is 0 Å². The third-order valence-corrected chi connectivity index (χ3v) is 3.28. The van der Waals surface area contributed by atoms with Gasteiger partial charge in [0.1, 0.15) is 6.04 Å². The number of halogens is 4. The van der Waals surface area contributed by atoms with Crippen LogP contribution in [-0.4, -0.2) is 24.2 Å². The summed E-state index contributed by atoms with van der Waals surface area (Å²) in [4.78, 5) is 12.2. The van der Waals surface area contributed by atoms with E-state index >= 15 is 0 Å². The van der Waals surface area contributed by atoms with Crippen LogP contribution in [-0.2, 0) is 11.0 Å². The summed E-state index contributed by atoms with van der Waals surface area (Å²) in [5, 5.41) is 9.02. The molecule has 3 nitrogen and oxygen atoms in total. The Balaban J connectivity index is 3.30. The van der Waals surface area contributed by atoms with Gasteiger partial charge in [-0.1, -0.05) is 22.9 Å². The molecule has 1 atom stereocenters. The fourth-order valence-electron chi connectivity index (χ4n) is 1.82. The summed E-state index contributed by atoms with van der Waals surface area (Å²) in [7, 11) is 1.35. The van der Waals surface area contributed by atoms with Gasteiger partial charge in [0.05, 0.1) is 5.56 Å². The van der Waals surface area contributed by atoms with Crippen LogP contribution in [0.3, 0.4) is 0 Å². The minimum Gasteiger partial charge on any atom is -0.480 e. The lowest BCUT2D eigenvalue weighted by Gasteiger charge is -2.28. The molecule has 0 heterocycles. The zero-order chi connectivity index (χ0) is 14.8. The fourth-order valence-corrected chi connectivity index (χ4v) is 2.19. The van der Waals surface area contributed by atoms with E-state index in [0.717, 1.165) is 11.0 Å². The largest absolute Gasteiger partial charge is 0.480 e. The van der Waals surface area contributed by atoms with Crippen LogP contribution in [0.4, 0.5) is 18.9 Å². The summed E-state index contributed by atoms with van der Waals surface area (Å²) in [5.41, 5.74) is -1.01. The van der Waals surface area contributed by atoms with E-state index < -0.39 is 23.8 Å². The van der Waals surface area contributed by atoms with E-state index in [1.807, 2.05) is 0 Å². The van der Waals surface area contributed by atoms with E-state index in [4.69, 9.17) is 5.11 Å². The van der Waals surface area contributed by atoms with Gasteiger partial charge in [-0.2, -0.15) is 13.2 Å². The first-order valence-corrected chi connectivity index (χ1v) is 6.30. The maximum atomic E-state index is 13.0. The van der Waals surface area contributed by atoms with Gasteiger partial charge in [0.15, 0.2) is 0 Å². The number of benzene rings is 1. The van der Waals surface area contributed by atoms with Crippen LogP contribution < -0.4 is 4.90 Å². The Hall–Kier alpha value is -1.24. The van der Waals surface area contributed by atoms with Crippen molar-refractivity contribution < 1.29 is 23.1 Å². The van der Waals surface area contributed by atoms with Crippen molar-refractivity contribution in [3.8, 4) is 0 Å². The second kappa shape index (κ2) is 5.81. The monoisotopic (exact) mass is 339 g/mol. The van der Waals surface area contributed by atoms with E-state index in [9.17, 15) is 18.0 Å². The molecule has 1 aromatic carbocycles. The summed E-state index contributed by atoms with van der Waals surface area (Å²) >= 11 is 2.99. The first-order valence-electron chi connectivity index (χ1n) is 5.50. The van der Waals surface area contributed by atoms with Gasteiger partial charge in [-0.3, -0.25) is 0 Å². The molecule has 1 aromatic rings. The van der Waals surface area contributed by atoms with Gasteiger partial charge in [-0.25, -0.2) is 4.79 Å². The Bertz CT molecular complexity index is 477. The van der Waals surface area contributed by atoms with E-state index in [1.54, 1.807) is 6.92 Å². The number of hydrogen-bond acceptors (Lipinski definition) is 2. The molecule has 0 bridgehead atoms. The lowest BCUT2D eigenvalue weighted by atomic mass is 10.1. The van der Waals surface area contributed by atoms with Crippen molar-refractivity contribution in [3.63, 3.8) is 0 Å². The second-order valence-electron chi connectivity index (χ2n) is 4.03. The lowest BCUT2D eigenvalue weighted by Crippen LogP contribution is -2.39. The molecule has 19 heavy (non-hydrogen) atoms. The number of nitrogens with zero attached hydrogens (tertiary/aromatic N) is 1. The van der Waals surface area contributed by atoms with Crippen molar-refractivity contribution >= 4 is 27.6 Å². The normalized spacial score (nSPS) is 13.2. The van der Waals surface area contributed by atoms with Gasteiger partial charge in [0.25, 0.3) is 0 Å². The number of carbonyl (C=O) groups is 1. The number of carboxylic acids is 1. The number of carboxylic acid groups (broad SMARTS) is 1. The molecule has 0 aromatic heterocycles. The topological polar surface area (TPSA) is 40.5 Å². The number of hydrogen-bond donors (Lipinski definition) is 1. The molecule has 1 rings (SSSR count). The lowest BCUT2D eigenvalue weighted by molar-refractivity contribution is -0.140. The van der Waals surface area contributed by atoms with E-state index in [-0.39, 0.29) is 12.1 Å². The first kappa shape index (κ1) is 15.8. The van der Waals surface area contributed by atoms with E-state index in [0.29, 0.717) is 4.47 Å². The zero-order valence-corrected chi connectivity index (χ0v) is 11.9. The Labute approximate surface area is 117 Å². The Kier molecular flexibility index (Phi) is 4.84. The van der Waals surface area contributed by atoms with Crippen molar-refractivity contribution in [1.82, 2.24) is 0 Å². The smallest absolute Gasteiger partial charge is 0.418 e. The number of likely N-dealkylation sites (N-methyl/N-ethyl adjacent to an activating group) is 1. The van der Waals surface area contributed by atoms with Crippen molar-refractivity contribution in [2.24, 2.45) is 0 Å². The maximum Gasteiger partial charge on any atom is 0.418 e. The number of rotatable bonds is 4. The van der Waals surface area contributed by atoms with Gasteiger partial charge >= 0.3 is 12.1 Å². The highest BCUT2D eigenvalue weighted by Gasteiger charge is 2.36. The average molecular weight is 340 g/mol. The Morgan fingerprint density at radius 2 is 2.05 bits per heavy atom. The van der Waals surface area contributed by atoms with Gasteiger partial charge in [0, 0.05) is 17.2 Å². The minimum absolute atomic E-state index is 0.148. The second-order valence-corrected chi connectivity index (χ2v) is 4.95. The molecule has 1 unspecified atom stereocenters. The molecule has 106 valence electrons. The van der Waals surface area contributed by atoms with Crippen LogP contribution in [0, 0.1) is 0 Å². The average Bonchev–Trinajstić information content (AvgIpc) is 2.27. The third-order valence-electron chi connectivity index (χ3n) is 2.78. The predicted octanol–water partition coefficient (Wildman–Crippen LogP) is 3.77. The fraction of sp³-hybridized carbons (Fsp3) is 0.417. The van der Waals surface area contributed by atoms with Crippen molar-refractivity contribution in [3.05, 3.63) is 28.2 Å². The SMILES string of the molecule is CCC(C(=O)O)N(C)c1ccc(Br)cc1C(F)(F)F. The Morgan fingerprint density at radius 3 is 2.47 bits per heavy atom. The molecule has 0 saturated heterocycles. The van der Waals surface area contributed by atoms with E-state index in [2.05, 4.69) is 15.9 Å². The standard InChI is InChI=1S/C12H13BrF3NO2/c1-3-9(11(18)19)17(2)10-5-4-7(13)6-8(10)12(14,15)16/h4-6,9H,3H2,1-2H3,(H,18,19). The summed E-state index contributed by atoms with van der Waals surface area (Å²) in [5.74, 6) is -1.15. The molecule has 0 aliphatic heterocycles. The first-order chi connectivity index (χ1) is 8.68.